The summed E-state index contributed by atoms with van der Waals surface area (Å²) in [4.78, 5) is 12.0. The van der Waals surface area contributed by atoms with E-state index in [9.17, 15) is 4.79 Å². The minimum Gasteiger partial charge on any atom is -0.494 e. The average molecular weight is 326 g/mol. The number of furan rings is 1. The Morgan fingerprint density at radius 2 is 2.04 bits per heavy atom. The molecular weight excluding hydrogens is 308 g/mol. The maximum absolute atomic E-state index is 12.0. The molecule has 1 N–H and O–H groups in total. The van der Waals surface area contributed by atoms with Crippen molar-refractivity contribution in [2.75, 3.05) is 6.61 Å². The van der Waals surface area contributed by atoms with Crippen LogP contribution in [0.2, 0.25) is 0 Å². The minimum absolute atomic E-state index is 0.0818. The van der Waals surface area contributed by atoms with Crippen molar-refractivity contribution in [3.05, 3.63) is 60.0 Å². The maximum Gasteiger partial charge on any atom is 0.224 e. The summed E-state index contributed by atoms with van der Waals surface area (Å²) in [5.74, 6) is 1.86. The van der Waals surface area contributed by atoms with Crippen LogP contribution in [0.4, 0.5) is 0 Å². The fraction of sp³-hybridized carbons (Fsp3) is 0.222. The van der Waals surface area contributed by atoms with Crippen molar-refractivity contribution in [1.82, 2.24) is 10.5 Å². The van der Waals surface area contributed by atoms with Crippen molar-refractivity contribution < 1.29 is 18.5 Å². The Kier molecular flexibility index (Phi) is 4.96. The van der Waals surface area contributed by atoms with Crippen molar-refractivity contribution in [2.24, 2.45) is 0 Å². The standard InChI is InChI=1S/C18H18N2O4/c1-2-22-15-7-5-13(6-8-15)10-18(21)19-12-14-11-17(24-20-14)16-4-3-9-23-16/h3-9,11H,2,10,12H2,1H3,(H,19,21). The van der Waals surface area contributed by atoms with Crippen LogP contribution < -0.4 is 10.1 Å². The number of amides is 1. The molecule has 6 nitrogen and oxygen atoms in total. The minimum atomic E-state index is -0.0818. The fourth-order valence-corrected chi connectivity index (χ4v) is 2.24. The molecule has 3 rings (SSSR count). The van der Waals surface area contributed by atoms with Crippen LogP contribution in [0.5, 0.6) is 5.75 Å². The van der Waals surface area contributed by atoms with Gasteiger partial charge in [-0.25, -0.2) is 0 Å². The molecule has 0 radical (unpaired) electrons. The molecule has 0 unspecified atom stereocenters. The highest BCUT2D eigenvalue weighted by Gasteiger charge is 2.10. The SMILES string of the molecule is CCOc1ccc(CC(=O)NCc2cc(-c3ccco3)on2)cc1. The summed E-state index contributed by atoms with van der Waals surface area (Å²) in [6.07, 6.45) is 1.87. The highest BCUT2D eigenvalue weighted by atomic mass is 16.5. The van der Waals surface area contributed by atoms with Crippen molar-refractivity contribution in [2.45, 2.75) is 19.9 Å². The van der Waals surface area contributed by atoms with E-state index in [0.29, 0.717) is 36.8 Å². The molecule has 1 aromatic carbocycles. The van der Waals surface area contributed by atoms with Crippen LogP contribution in [0.15, 0.2) is 57.7 Å². The zero-order valence-corrected chi connectivity index (χ0v) is 13.3. The summed E-state index contributed by atoms with van der Waals surface area (Å²) >= 11 is 0. The van der Waals surface area contributed by atoms with Crippen molar-refractivity contribution >= 4 is 5.91 Å². The van der Waals surface area contributed by atoms with Crippen LogP contribution in [0.3, 0.4) is 0 Å². The van der Waals surface area contributed by atoms with E-state index in [1.54, 1.807) is 24.5 Å². The predicted octanol–water partition coefficient (Wildman–Crippen LogP) is 3.19. The van der Waals surface area contributed by atoms with Crippen LogP contribution in [0.25, 0.3) is 11.5 Å². The molecular formula is C18H18N2O4. The van der Waals surface area contributed by atoms with Gasteiger partial charge in [-0.05, 0) is 36.8 Å². The van der Waals surface area contributed by atoms with Crippen LogP contribution in [0.1, 0.15) is 18.2 Å². The van der Waals surface area contributed by atoms with E-state index in [1.165, 1.54) is 0 Å². The molecule has 3 aromatic rings. The average Bonchev–Trinajstić information content (AvgIpc) is 3.26. The maximum atomic E-state index is 12.0. The molecule has 2 aromatic heterocycles. The van der Waals surface area contributed by atoms with Gasteiger partial charge in [0.1, 0.15) is 11.4 Å². The monoisotopic (exact) mass is 326 g/mol. The number of hydrogen-bond acceptors (Lipinski definition) is 5. The molecule has 124 valence electrons. The topological polar surface area (TPSA) is 77.5 Å². The summed E-state index contributed by atoms with van der Waals surface area (Å²) in [6.45, 7) is 2.86. The summed E-state index contributed by atoms with van der Waals surface area (Å²) in [5, 5.41) is 6.74. The van der Waals surface area contributed by atoms with Gasteiger partial charge in [0.2, 0.25) is 11.7 Å². The third-order valence-corrected chi connectivity index (χ3v) is 3.39. The zero-order valence-electron chi connectivity index (χ0n) is 13.3. The van der Waals surface area contributed by atoms with Crippen LogP contribution >= 0.6 is 0 Å². The Hall–Kier alpha value is -3.02. The van der Waals surface area contributed by atoms with Gasteiger partial charge in [-0.2, -0.15) is 0 Å². The molecule has 0 saturated carbocycles. The molecule has 24 heavy (non-hydrogen) atoms. The lowest BCUT2D eigenvalue weighted by Gasteiger charge is -2.05. The molecule has 0 aliphatic rings. The summed E-state index contributed by atoms with van der Waals surface area (Å²) in [6, 6.07) is 12.8. The van der Waals surface area contributed by atoms with Gasteiger partial charge in [-0.1, -0.05) is 17.3 Å². The van der Waals surface area contributed by atoms with Crippen molar-refractivity contribution in [3.8, 4) is 17.3 Å². The number of ether oxygens (including phenoxy) is 1. The highest BCUT2D eigenvalue weighted by molar-refractivity contribution is 5.78. The first-order chi connectivity index (χ1) is 11.7. The number of carbonyl (C=O) groups is 1. The van der Waals surface area contributed by atoms with E-state index in [-0.39, 0.29) is 5.91 Å². The van der Waals surface area contributed by atoms with Gasteiger partial charge in [0.15, 0.2) is 5.76 Å². The highest BCUT2D eigenvalue weighted by Crippen LogP contribution is 2.20. The third-order valence-electron chi connectivity index (χ3n) is 3.39. The Balaban J connectivity index is 1.50. The third kappa shape index (κ3) is 4.04. The summed E-state index contributed by atoms with van der Waals surface area (Å²) in [7, 11) is 0. The molecule has 0 fully saturated rings. The van der Waals surface area contributed by atoms with Crippen molar-refractivity contribution in [3.63, 3.8) is 0 Å². The lowest BCUT2D eigenvalue weighted by Crippen LogP contribution is -2.24. The first-order valence-corrected chi connectivity index (χ1v) is 7.72. The molecule has 0 saturated heterocycles. The Labute approximate surface area is 139 Å². The normalized spacial score (nSPS) is 10.5. The Morgan fingerprint density at radius 1 is 1.21 bits per heavy atom. The van der Waals surface area contributed by atoms with E-state index >= 15 is 0 Å². The molecule has 1 amide bonds. The molecule has 0 atom stereocenters. The van der Waals surface area contributed by atoms with E-state index < -0.39 is 0 Å². The van der Waals surface area contributed by atoms with Crippen LogP contribution in [-0.2, 0) is 17.8 Å². The number of rotatable bonds is 7. The summed E-state index contributed by atoms with van der Waals surface area (Å²) < 4.78 is 15.8. The molecule has 0 aliphatic carbocycles. The first-order valence-electron chi connectivity index (χ1n) is 7.72. The number of nitrogens with zero attached hydrogens (tertiary/aromatic N) is 1. The molecule has 0 aliphatic heterocycles. The second kappa shape index (κ2) is 7.50. The fourth-order valence-electron chi connectivity index (χ4n) is 2.24. The van der Waals surface area contributed by atoms with Gasteiger partial charge < -0.3 is 19.0 Å². The van der Waals surface area contributed by atoms with Crippen LogP contribution in [-0.4, -0.2) is 17.7 Å². The number of hydrogen-bond donors (Lipinski definition) is 1. The molecule has 2 heterocycles. The van der Waals surface area contributed by atoms with E-state index in [1.807, 2.05) is 31.2 Å². The molecule has 0 spiro atoms. The summed E-state index contributed by atoms with van der Waals surface area (Å²) in [5.41, 5.74) is 1.56. The Bertz CT molecular complexity index is 776. The van der Waals surface area contributed by atoms with Gasteiger partial charge in [0, 0.05) is 6.07 Å². The smallest absolute Gasteiger partial charge is 0.224 e. The number of carbonyl (C=O) groups excluding carboxylic acids is 1. The van der Waals surface area contributed by atoms with Gasteiger partial charge in [0.25, 0.3) is 0 Å². The van der Waals surface area contributed by atoms with Gasteiger partial charge in [-0.15, -0.1) is 0 Å². The van der Waals surface area contributed by atoms with E-state index in [2.05, 4.69) is 10.5 Å². The predicted molar refractivity (Wildman–Crippen MR) is 87.4 cm³/mol. The number of benzene rings is 1. The zero-order chi connectivity index (χ0) is 16.8. The first kappa shape index (κ1) is 15.9. The van der Waals surface area contributed by atoms with Crippen molar-refractivity contribution in [1.29, 1.82) is 0 Å². The molecule has 0 bridgehead atoms. The van der Waals surface area contributed by atoms with Crippen LogP contribution in [0, 0.1) is 0 Å². The van der Waals surface area contributed by atoms with Gasteiger partial charge in [0.05, 0.1) is 25.8 Å². The number of aromatic nitrogens is 1. The lowest BCUT2D eigenvalue weighted by molar-refractivity contribution is -0.120. The largest absolute Gasteiger partial charge is 0.494 e. The van der Waals surface area contributed by atoms with Gasteiger partial charge >= 0.3 is 0 Å². The quantitative estimate of drug-likeness (QED) is 0.721. The number of nitrogens with one attached hydrogen (secondary N) is 1. The van der Waals surface area contributed by atoms with Gasteiger partial charge in [-0.3, -0.25) is 4.79 Å². The lowest BCUT2D eigenvalue weighted by atomic mass is 10.1. The Morgan fingerprint density at radius 3 is 2.75 bits per heavy atom. The van der Waals surface area contributed by atoms with E-state index in [4.69, 9.17) is 13.7 Å². The molecule has 6 heteroatoms. The van der Waals surface area contributed by atoms with E-state index in [0.717, 1.165) is 11.3 Å². The second-order valence-electron chi connectivity index (χ2n) is 5.19. The second-order valence-corrected chi connectivity index (χ2v) is 5.19.